The average molecular weight is 500 g/mol. The number of allylic oxidation sites excluding steroid dienone is 1. The summed E-state index contributed by atoms with van der Waals surface area (Å²) in [6.45, 7) is 9.65. The van der Waals surface area contributed by atoms with E-state index in [2.05, 4.69) is 36.9 Å². The maximum atomic E-state index is 10.3. The molecular formula is C23H34INOS. The van der Waals surface area contributed by atoms with Crippen LogP contribution in [0.25, 0.3) is 0 Å². The molecule has 5 unspecified atom stereocenters. The summed E-state index contributed by atoms with van der Waals surface area (Å²) in [6, 6.07) is 0. The molecule has 4 aliphatic carbocycles. The molecule has 4 heteroatoms. The van der Waals surface area contributed by atoms with E-state index < -0.39 is 0 Å². The molecule has 4 saturated carbocycles. The molecule has 0 radical (unpaired) electrons. The van der Waals surface area contributed by atoms with Crippen molar-refractivity contribution in [2.45, 2.75) is 71.6 Å². The molecule has 4 aliphatic rings. The first-order valence-electron chi connectivity index (χ1n) is 10.5. The fourth-order valence-electron chi connectivity index (χ4n) is 7.40. The Balaban J connectivity index is 0.000000226. The van der Waals surface area contributed by atoms with Crippen molar-refractivity contribution in [2.75, 3.05) is 7.05 Å². The smallest absolute Gasteiger partial charge is 0.296 e. The Morgan fingerprint density at radius 2 is 2.07 bits per heavy atom. The Morgan fingerprint density at radius 3 is 2.78 bits per heavy atom. The number of carbonyl (C=O) groups is 1. The van der Waals surface area contributed by atoms with E-state index in [0.717, 1.165) is 23.7 Å². The first-order chi connectivity index (χ1) is 12.9. The molecule has 2 bridgehead atoms. The Morgan fingerprint density at radius 1 is 1.30 bits per heavy atom. The van der Waals surface area contributed by atoms with Crippen molar-refractivity contribution in [2.24, 2.45) is 34.5 Å². The fourth-order valence-corrected chi connectivity index (χ4v) is 7.86. The summed E-state index contributed by atoms with van der Waals surface area (Å²) >= 11 is 2.00. The lowest BCUT2D eigenvalue weighted by atomic mass is 9.43. The van der Waals surface area contributed by atoms with Crippen LogP contribution in [0.5, 0.6) is 0 Å². The monoisotopic (exact) mass is 499 g/mol. The number of amides is 1. The fraction of sp³-hybridized carbons (Fsp3) is 0.783. The highest BCUT2D eigenvalue weighted by molar-refractivity contribution is 14.2. The number of carbonyl (C=O) groups excluding carboxylic acids is 1. The summed E-state index contributed by atoms with van der Waals surface area (Å²) in [4.78, 5) is 10.3. The van der Waals surface area contributed by atoms with Gasteiger partial charge in [0, 0.05) is 34.2 Å². The molecule has 27 heavy (non-hydrogen) atoms. The quantitative estimate of drug-likeness (QED) is 0.239. The van der Waals surface area contributed by atoms with Gasteiger partial charge in [0.2, 0.25) is 0 Å². The van der Waals surface area contributed by atoms with E-state index in [0.29, 0.717) is 10.8 Å². The highest BCUT2D eigenvalue weighted by atomic mass is 127. The summed E-state index contributed by atoms with van der Waals surface area (Å²) in [7, 11) is 2.84. The molecule has 4 fully saturated rings. The van der Waals surface area contributed by atoms with Crippen LogP contribution in [0.2, 0.25) is 0 Å². The molecule has 0 heterocycles. The summed E-state index contributed by atoms with van der Waals surface area (Å²) in [6.07, 6.45) is 13.4. The third kappa shape index (κ3) is 4.10. The van der Waals surface area contributed by atoms with Gasteiger partial charge in [0.25, 0.3) is 5.91 Å². The van der Waals surface area contributed by atoms with Gasteiger partial charge in [-0.2, -0.15) is 0 Å². The molecule has 0 aromatic carbocycles. The van der Waals surface area contributed by atoms with Gasteiger partial charge in [-0.3, -0.25) is 4.79 Å². The molecule has 4 rings (SSSR count). The van der Waals surface area contributed by atoms with E-state index >= 15 is 0 Å². The molecule has 1 spiro atoms. The lowest BCUT2D eigenvalue weighted by molar-refractivity contribution is -0.120. The van der Waals surface area contributed by atoms with Crippen LogP contribution >= 0.6 is 30.1 Å². The van der Waals surface area contributed by atoms with Crippen molar-refractivity contribution in [3.63, 3.8) is 0 Å². The van der Waals surface area contributed by atoms with Gasteiger partial charge in [0.05, 0.1) is 0 Å². The van der Waals surface area contributed by atoms with Crippen LogP contribution < -0.4 is 5.32 Å². The lowest BCUT2D eigenvalue weighted by Crippen LogP contribution is -2.53. The number of halogens is 1. The standard InChI is InChI=1S/C19H30.C4H4INOS/c1-13-5-4-9-18(3)16(13)8-10-19-11-14(2)15(12-19)6-7-17(18)19;1-6-4(7)2-3-8-5/h13,15-17H,2,4-12H2,1,3H3;1H3,(H,6,7)/t13?,15?,16?,17?,18-,19?;/m1./s1. The largest absolute Gasteiger partial charge is 0.348 e. The van der Waals surface area contributed by atoms with Gasteiger partial charge in [0.1, 0.15) is 0 Å². The van der Waals surface area contributed by atoms with Crippen LogP contribution in [0.15, 0.2) is 12.2 Å². The van der Waals surface area contributed by atoms with Gasteiger partial charge in [-0.1, -0.05) is 38.8 Å². The van der Waals surface area contributed by atoms with Crippen LogP contribution in [0.1, 0.15) is 71.6 Å². The molecule has 1 amide bonds. The van der Waals surface area contributed by atoms with Crippen molar-refractivity contribution in [3.05, 3.63) is 12.2 Å². The number of rotatable bonds is 0. The Kier molecular flexibility index (Phi) is 6.94. The minimum atomic E-state index is -0.242. The first-order valence-corrected chi connectivity index (χ1v) is 13.9. The zero-order chi connectivity index (χ0) is 19.7. The SMILES string of the molecule is C=C1CC23CCC4C(C)CCC[C@@]4(C)C2CCC1C3.CNC(=O)C#CSI. The summed E-state index contributed by atoms with van der Waals surface area (Å²) in [5.41, 5.74) is 2.99. The van der Waals surface area contributed by atoms with Crippen LogP contribution in [-0.2, 0) is 4.79 Å². The highest BCUT2D eigenvalue weighted by Crippen LogP contribution is 2.70. The zero-order valence-electron chi connectivity index (χ0n) is 17.1. The van der Waals surface area contributed by atoms with Crippen molar-refractivity contribution in [1.29, 1.82) is 0 Å². The Labute approximate surface area is 182 Å². The molecule has 2 nitrogen and oxygen atoms in total. The second-order valence-corrected chi connectivity index (χ2v) is 11.3. The number of nitrogens with one attached hydrogen (secondary N) is 1. The van der Waals surface area contributed by atoms with E-state index in [4.69, 9.17) is 0 Å². The number of hydrogen-bond acceptors (Lipinski definition) is 2. The minimum Gasteiger partial charge on any atom is -0.348 e. The van der Waals surface area contributed by atoms with Crippen molar-refractivity contribution in [3.8, 4) is 11.2 Å². The van der Waals surface area contributed by atoms with Gasteiger partial charge in [-0.15, -0.1) is 0 Å². The zero-order valence-corrected chi connectivity index (χ0v) is 20.0. The van der Waals surface area contributed by atoms with Crippen molar-refractivity contribution in [1.82, 2.24) is 5.32 Å². The van der Waals surface area contributed by atoms with Crippen LogP contribution in [0, 0.1) is 45.7 Å². The average Bonchev–Trinajstić information content (AvgIpc) is 2.88. The molecule has 0 saturated heterocycles. The third-order valence-electron chi connectivity index (χ3n) is 8.44. The molecule has 150 valence electrons. The minimum absolute atomic E-state index is 0.242. The van der Waals surface area contributed by atoms with E-state index in [1.165, 1.54) is 66.7 Å². The van der Waals surface area contributed by atoms with E-state index in [1.807, 2.05) is 21.2 Å². The lowest BCUT2D eigenvalue weighted by Gasteiger charge is -2.61. The summed E-state index contributed by atoms with van der Waals surface area (Å²) in [5.74, 6) is 6.04. The van der Waals surface area contributed by atoms with Crippen LogP contribution in [0.4, 0.5) is 0 Å². The third-order valence-corrected chi connectivity index (χ3v) is 9.28. The van der Waals surface area contributed by atoms with Crippen molar-refractivity contribution < 1.29 is 4.79 Å². The van der Waals surface area contributed by atoms with Gasteiger partial charge < -0.3 is 5.32 Å². The highest BCUT2D eigenvalue weighted by Gasteiger charge is 2.61. The molecule has 0 aromatic rings. The first kappa shape index (κ1) is 21.6. The summed E-state index contributed by atoms with van der Waals surface area (Å²) < 4.78 is 0. The topological polar surface area (TPSA) is 29.1 Å². The van der Waals surface area contributed by atoms with Crippen LogP contribution in [-0.4, -0.2) is 13.0 Å². The van der Waals surface area contributed by atoms with Gasteiger partial charge >= 0.3 is 0 Å². The number of hydrogen-bond donors (Lipinski definition) is 1. The molecular weight excluding hydrogens is 465 g/mol. The second-order valence-electron chi connectivity index (χ2n) is 9.63. The number of fused-ring (bicyclic) bond motifs is 3. The van der Waals surface area contributed by atoms with E-state index in [-0.39, 0.29) is 5.91 Å². The van der Waals surface area contributed by atoms with Crippen LogP contribution in [0.3, 0.4) is 0 Å². The Bertz CT molecular complexity index is 652. The predicted molar refractivity (Wildman–Crippen MR) is 124 cm³/mol. The van der Waals surface area contributed by atoms with Crippen molar-refractivity contribution >= 4 is 36.0 Å². The predicted octanol–water partition coefficient (Wildman–Crippen LogP) is 6.36. The second kappa shape index (κ2) is 8.69. The molecule has 6 atom stereocenters. The van der Waals surface area contributed by atoms with Gasteiger partial charge in [0.15, 0.2) is 0 Å². The van der Waals surface area contributed by atoms with E-state index in [1.54, 1.807) is 12.6 Å². The maximum absolute atomic E-state index is 10.3. The molecule has 0 aromatic heterocycles. The van der Waals surface area contributed by atoms with Gasteiger partial charge in [-0.25, -0.2) is 0 Å². The van der Waals surface area contributed by atoms with E-state index in [9.17, 15) is 4.79 Å². The van der Waals surface area contributed by atoms with Gasteiger partial charge in [-0.05, 0) is 93.6 Å². The summed E-state index contributed by atoms with van der Waals surface area (Å²) in [5, 5.41) is 4.91. The Hall–Kier alpha value is -0.150. The maximum Gasteiger partial charge on any atom is 0.296 e. The molecule has 0 aliphatic heterocycles. The normalized spacial score (nSPS) is 41.9. The molecule has 1 N–H and O–H groups in total.